The normalized spacial score (nSPS) is 24.1. The van der Waals surface area contributed by atoms with Gasteiger partial charge in [-0.15, -0.1) is 0 Å². The first-order valence-electron chi connectivity index (χ1n) is 4.66. The molecule has 5 nitrogen and oxygen atoms in total. The fourth-order valence-corrected chi connectivity index (χ4v) is 2.02. The summed E-state index contributed by atoms with van der Waals surface area (Å²) in [6.07, 6.45) is 7.52. The Morgan fingerprint density at radius 2 is 2.00 bits per heavy atom. The van der Waals surface area contributed by atoms with Gasteiger partial charge in [-0.3, -0.25) is 0 Å². The zero-order chi connectivity index (χ0) is 12.0. The van der Waals surface area contributed by atoms with Crippen LogP contribution in [0.5, 0.6) is 0 Å². The number of hydrogen-bond acceptors (Lipinski definition) is 5. The van der Waals surface area contributed by atoms with E-state index in [2.05, 4.69) is 4.98 Å². The van der Waals surface area contributed by atoms with E-state index in [9.17, 15) is 8.42 Å². The third-order valence-corrected chi connectivity index (χ3v) is 4.50. The van der Waals surface area contributed by atoms with Crippen LogP contribution >= 0.6 is 0 Å². The minimum atomic E-state index is -3.23. The van der Waals surface area contributed by atoms with Gasteiger partial charge in [0.25, 0.3) is 6.01 Å². The number of aromatic nitrogens is 1. The van der Waals surface area contributed by atoms with Gasteiger partial charge in [0.1, 0.15) is 10.4 Å². The minimum Gasteiger partial charge on any atom is -0.424 e. The zero-order valence-electron chi connectivity index (χ0n) is 8.97. The first-order chi connectivity index (χ1) is 7.32. The van der Waals surface area contributed by atoms with Crippen LogP contribution in [0.4, 0.5) is 6.01 Å². The molecule has 0 amide bonds. The van der Waals surface area contributed by atoms with E-state index >= 15 is 0 Å². The fraction of sp³-hybridized carbons (Fsp3) is 0.300. The molecule has 1 aromatic heterocycles. The summed E-state index contributed by atoms with van der Waals surface area (Å²) in [6.45, 7) is 1.62. The molecule has 0 aromatic carbocycles. The van der Waals surface area contributed by atoms with E-state index in [0.717, 1.165) is 0 Å². The van der Waals surface area contributed by atoms with Crippen LogP contribution < -0.4 is 5.73 Å². The summed E-state index contributed by atoms with van der Waals surface area (Å²) in [6, 6.07) is 0.0715. The van der Waals surface area contributed by atoms with Crippen molar-refractivity contribution in [1.29, 1.82) is 0 Å². The predicted octanol–water partition coefficient (Wildman–Crippen LogP) is 1.10. The topological polar surface area (TPSA) is 86.2 Å². The Morgan fingerprint density at radius 1 is 1.38 bits per heavy atom. The van der Waals surface area contributed by atoms with Crippen LogP contribution in [0, 0.1) is 0 Å². The molecule has 0 radical (unpaired) electrons. The monoisotopic (exact) mass is 240 g/mol. The van der Waals surface area contributed by atoms with Crippen LogP contribution in [0.1, 0.15) is 18.4 Å². The summed E-state index contributed by atoms with van der Waals surface area (Å²) in [5.74, 6) is 0.473. The van der Waals surface area contributed by atoms with Gasteiger partial charge in [-0.25, -0.2) is 8.42 Å². The highest BCUT2D eigenvalue weighted by atomic mass is 32.2. The number of nitrogens with zero attached hydrogens (tertiary/aromatic N) is 1. The molecule has 0 spiro atoms. The number of nitrogens with two attached hydrogens (primary N) is 1. The van der Waals surface area contributed by atoms with E-state index in [1.54, 1.807) is 31.2 Å². The van der Waals surface area contributed by atoms with Gasteiger partial charge in [-0.05, 0) is 19.1 Å². The molecular formula is C10H12N2O3S. The quantitative estimate of drug-likeness (QED) is 0.794. The molecule has 0 aliphatic heterocycles. The molecule has 16 heavy (non-hydrogen) atoms. The standard InChI is InChI=1S/C10H12N2O3S/c1-10(16(2,13)14)5-3-7-8(4-6-10)15-9(11)12-7/h3-6H,1-2H3,(H2,11,12). The summed E-state index contributed by atoms with van der Waals surface area (Å²) in [4.78, 5) is 3.94. The van der Waals surface area contributed by atoms with E-state index in [1.807, 2.05) is 0 Å². The number of oxazole rings is 1. The van der Waals surface area contributed by atoms with Crippen LogP contribution in [0.15, 0.2) is 16.6 Å². The maximum absolute atomic E-state index is 11.6. The van der Waals surface area contributed by atoms with Gasteiger partial charge in [0.2, 0.25) is 0 Å². The molecule has 0 saturated carbocycles. The van der Waals surface area contributed by atoms with Crippen LogP contribution in [-0.4, -0.2) is 24.4 Å². The summed E-state index contributed by atoms with van der Waals surface area (Å²) < 4.78 is 27.3. The van der Waals surface area contributed by atoms with Crippen molar-refractivity contribution in [2.75, 3.05) is 12.0 Å². The number of sulfone groups is 1. The average Bonchev–Trinajstić information content (AvgIpc) is 2.43. The average molecular weight is 240 g/mol. The van der Waals surface area contributed by atoms with Gasteiger partial charge >= 0.3 is 0 Å². The molecule has 1 aromatic rings. The van der Waals surface area contributed by atoms with Gasteiger partial charge < -0.3 is 10.2 Å². The molecule has 1 atom stereocenters. The second-order valence-electron chi connectivity index (χ2n) is 3.92. The maximum Gasteiger partial charge on any atom is 0.292 e. The Morgan fingerprint density at radius 3 is 2.62 bits per heavy atom. The second kappa shape index (κ2) is 3.21. The molecule has 1 aliphatic rings. The van der Waals surface area contributed by atoms with Crippen molar-refractivity contribution in [1.82, 2.24) is 4.98 Å². The largest absolute Gasteiger partial charge is 0.424 e. The molecule has 6 heteroatoms. The molecule has 0 bridgehead atoms. The molecule has 86 valence electrons. The van der Waals surface area contributed by atoms with E-state index in [-0.39, 0.29) is 6.01 Å². The minimum absolute atomic E-state index is 0.0715. The summed E-state index contributed by atoms with van der Waals surface area (Å²) in [7, 11) is -3.23. The first-order valence-corrected chi connectivity index (χ1v) is 6.55. The van der Waals surface area contributed by atoms with Gasteiger partial charge in [0.15, 0.2) is 15.6 Å². The molecule has 0 fully saturated rings. The Bertz CT molecular complexity index is 550. The Hall–Kier alpha value is -1.56. The van der Waals surface area contributed by atoms with Crippen LogP contribution in [0.3, 0.4) is 0 Å². The molecule has 1 heterocycles. The lowest BCUT2D eigenvalue weighted by Crippen LogP contribution is -2.29. The van der Waals surface area contributed by atoms with Crippen LogP contribution in [0.25, 0.3) is 12.2 Å². The molecule has 1 unspecified atom stereocenters. The Labute approximate surface area is 93.6 Å². The van der Waals surface area contributed by atoms with E-state index in [4.69, 9.17) is 10.2 Å². The van der Waals surface area contributed by atoms with Crippen molar-refractivity contribution >= 4 is 28.0 Å². The zero-order valence-corrected chi connectivity index (χ0v) is 9.78. The van der Waals surface area contributed by atoms with E-state index in [1.165, 1.54) is 6.26 Å². The van der Waals surface area contributed by atoms with Crippen LogP contribution in [-0.2, 0) is 9.84 Å². The summed E-state index contributed by atoms with van der Waals surface area (Å²) in [5.41, 5.74) is 5.94. The highest BCUT2D eigenvalue weighted by Crippen LogP contribution is 2.28. The van der Waals surface area contributed by atoms with Crippen molar-refractivity contribution in [3.63, 3.8) is 0 Å². The van der Waals surface area contributed by atoms with E-state index in [0.29, 0.717) is 11.5 Å². The molecule has 1 aliphatic carbocycles. The number of nitrogen functional groups attached to an aromatic ring is 1. The Balaban J connectivity index is 2.54. The van der Waals surface area contributed by atoms with Gasteiger partial charge in [0.05, 0.1) is 0 Å². The maximum atomic E-state index is 11.6. The highest BCUT2D eigenvalue weighted by Gasteiger charge is 2.31. The third-order valence-electron chi connectivity index (χ3n) is 2.63. The summed E-state index contributed by atoms with van der Waals surface area (Å²) in [5, 5.41) is 0. The SMILES string of the molecule is CC1(S(C)(=O)=O)C=Cc2nc(N)oc2C=C1. The van der Waals surface area contributed by atoms with Crippen molar-refractivity contribution < 1.29 is 12.8 Å². The van der Waals surface area contributed by atoms with Crippen molar-refractivity contribution in [3.05, 3.63) is 23.6 Å². The second-order valence-corrected chi connectivity index (χ2v) is 6.35. The summed E-state index contributed by atoms with van der Waals surface area (Å²) >= 11 is 0. The van der Waals surface area contributed by atoms with Crippen molar-refractivity contribution in [2.24, 2.45) is 0 Å². The fourth-order valence-electron chi connectivity index (χ4n) is 1.39. The highest BCUT2D eigenvalue weighted by molar-refractivity contribution is 7.92. The van der Waals surface area contributed by atoms with Gasteiger partial charge in [-0.1, -0.05) is 12.2 Å². The number of hydrogen-bond donors (Lipinski definition) is 1. The van der Waals surface area contributed by atoms with Gasteiger partial charge in [-0.2, -0.15) is 4.98 Å². The van der Waals surface area contributed by atoms with E-state index < -0.39 is 14.6 Å². The first kappa shape index (κ1) is 10.9. The van der Waals surface area contributed by atoms with Gasteiger partial charge in [0, 0.05) is 6.26 Å². The molecular weight excluding hydrogens is 228 g/mol. The third kappa shape index (κ3) is 1.65. The number of rotatable bonds is 1. The molecule has 0 saturated heterocycles. The lowest BCUT2D eigenvalue weighted by molar-refractivity contribution is 0.569. The smallest absolute Gasteiger partial charge is 0.292 e. The number of fused-ring (bicyclic) bond motifs is 1. The predicted molar refractivity (Wildman–Crippen MR) is 62.2 cm³/mol. The molecule has 2 N–H and O–H groups in total. The molecule has 2 rings (SSSR count). The van der Waals surface area contributed by atoms with Crippen molar-refractivity contribution in [3.8, 4) is 0 Å². The lowest BCUT2D eigenvalue weighted by Gasteiger charge is -2.18. The van der Waals surface area contributed by atoms with Crippen LogP contribution in [0.2, 0.25) is 0 Å². The Kier molecular flexibility index (Phi) is 2.20. The number of anilines is 1. The lowest BCUT2D eigenvalue weighted by atomic mass is 10.1. The van der Waals surface area contributed by atoms with Crippen molar-refractivity contribution in [2.45, 2.75) is 11.7 Å².